The Morgan fingerprint density at radius 1 is 1.43 bits per heavy atom. The number of benzene rings is 1. The highest BCUT2D eigenvalue weighted by Crippen LogP contribution is 2.36. The number of hydrogen-bond donors (Lipinski definition) is 2. The van der Waals surface area contributed by atoms with Gasteiger partial charge in [-0.1, -0.05) is 19.9 Å². The third-order valence-electron chi connectivity index (χ3n) is 3.64. The number of fused-ring (bicyclic) bond motifs is 1. The zero-order chi connectivity index (χ0) is 15.7. The standard InChI is InChI=1S/C16H24N2O3/c1-9(2)16(20)18-8-10(3)21-14-6-5-12(7-13(14)18)15(19)11(4)17/h5-7,9-11,15,19H,8,17H2,1-4H3. The van der Waals surface area contributed by atoms with Gasteiger partial charge < -0.3 is 20.5 Å². The number of nitrogens with zero attached hydrogens (tertiary/aromatic N) is 1. The Hall–Kier alpha value is -1.59. The molecule has 0 saturated heterocycles. The molecule has 0 spiro atoms. The van der Waals surface area contributed by atoms with Gasteiger partial charge in [-0.2, -0.15) is 0 Å². The predicted octanol–water partition coefficient (Wildman–Crippen LogP) is 1.84. The van der Waals surface area contributed by atoms with Crippen molar-refractivity contribution in [1.29, 1.82) is 0 Å². The molecule has 116 valence electrons. The number of ether oxygens (including phenoxy) is 1. The summed E-state index contributed by atoms with van der Waals surface area (Å²) in [6.07, 6.45) is -0.810. The number of aliphatic hydroxyl groups excluding tert-OH is 1. The van der Waals surface area contributed by atoms with E-state index in [-0.39, 0.29) is 24.0 Å². The minimum absolute atomic E-state index is 0.0515. The SMILES string of the molecule is CC1CN(C(=O)C(C)C)c2cc(C(O)C(C)N)ccc2O1. The van der Waals surface area contributed by atoms with Crippen LogP contribution in [0.5, 0.6) is 5.75 Å². The number of aliphatic hydroxyl groups is 1. The molecule has 0 aliphatic carbocycles. The summed E-state index contributed by atoms with van der Waals surface area (Å²) in [6, 6.07) is 5.02. The van der Waals surface area contributed by atoms with Crippen molar-refractivity contribution in [2.45, 2.75) is 45.9 Å². The molecule has 0 radical (unpaired) electrons. The largest absolute Gasteiger partial charge is 0.487 e. The van der Waals surface area contributed by atoms with Gasteiger partial charge in [0, 0.05) is 12.0 Å². The van der Waals surface area contributed by atoms with E-state index >= 15 is 0 Å². The van der Waals surface area contributed by atoms with Crippen LogP contribution in [0.3, 0.4) is 0 Å². The van der Waals surface area contributed by atoms with Crippen LogP contribution >= 0.6 is 0 Å². The van der Waals surface area contributed by atoms with Crippen LogP contribution in [0, 0.1) is 5.92 Å². The zero-order valence-corrected chi connectivity index (χ0v) is 13.0. The summed E-state index contributed by atoms with van der Waals surface area (Å²) in [7, 11) is 0. The average molecular weight is 292 g/mol. The monoisotopic (exact) mass is 292 g/mol. The summed E-state index contributed by atoms with van der Waals surface area (Å²) in [4.78, 5) is 14.1. The van der Waals surface area contributed by atoms with Gasteiger partial charge in [0.25, 0.3) is 0 Å². The first-order chi connectivity index (χ1) is 9.81. The van der Waals surface area contributed by atoms with Gasteiger partial charge in [0.15, 0.2) is 0 Å². The Morgan fingerprint density at radius 2 is 2.10 bits per heavy atom. The van der Waals surface area contributed by atoms with Gasteiger partial charge in [-0.3, -0.25) is 4.79 Å². The van der Waals surface area contributed by atoms with Crippen LogP contribution < -0.4 is 15.4 Å². The molecule has 5 heteroatoms. The number of nitrogens with two attached hydrogens (primary N) is 1. The zero-order valence-electron chi connectivity index (χ0n) is 13.0. The smallest absolute Gasteiger partial charge is 0.229 e. The molecule has 1 aliphatic heterocycles. The minimum atomic E-state index is -0.759. The first kappa shape index (κ1) is 15.8. The number of hydrogen-bond acceptors (Lipinski definition) is 4. The number of anilines is 1. The number of carbonyl (C=O) groups excluding carboxylic acids is 1. The molecule has 21 heavy (non-hydrogen) atoms. The lowest BCUT2D eigenvalue weighted by atomic mass is 10.0. The maximum absolute atomic E-state index is 12.4. The van der Waals surface area contributed by atoms with Crippen molar-refractivity contribution in [2.24, 2.45) is 11.7 Å². The first-order valence-corrected chi connectivity index (χ1v) is 7.37. The molecule has 0 aromatic heterocycles. The van der Waals surface area contributed by atoms with Gasteiger partial charge in [0.1, 0.15) is 11.9 Å². The second-order valence-corrected chi connectivity index (χ2v) is 6.06. The molecule has 2 rings (SSSR count). The van der Waals surface area contributed by atoms with Crippen LogP contribution in [-0.4, -0.2) is 29.7 Å². The molecule has 1 aliphatic rings. The molecule has 0 fully saturated rings. The summed E-state index contributed by atoms with van der Waals surface area (Å²) in [6.45, 7) is 7.96. The van der Waals surface area contributed by atoms with E-state index in [0.717, 1.165) is 0 Å². The normalized spacial score (nSPS) is 20.7. The van der Waals surface area contributed by atoms with E-state index in [0.29, 0.717) is 23.5 Å². The van der Waals surface area contributed by atoms with Crippen molar-refractivity contribution in [3.05, 3.63) is 23.8 Å². The highest BCUT2D eigenvalue weighted by Gasteiger charge is 2.29. The maximum Gasteiger partial charge on any atom is 0.229 e. The lowest BCUT2D eigenvalue weighted by Crippen LogP contribution is -2.44. The molecular weight excluding hydrogens is 268 g/mol. The van der Waals surface area contributed by atoms with Crippen molar-refractivity contribution in [3.63, 3.8) is 0 Å². The van der Waals surface area contributed by atoms with Crippen LogP contribution in [0.15, 0.2) is 18.2 Å². The van der Waals surface area contributed by atoms with Gasteiger partial charge in [-0.15, -0.1) is 0 Å². The lowest BCUT2D eigenvalue weighted by Gasteiger charge is -2.35. The Morgan fingerprint density at radius 3 is 2.67 bits per heavy atom. The molecule has 3 N–H and O–H groups in total. The third-order valence-corrected chi connectivity index (χ3v) is 3.64. The summed E-state index contributed by atoms with van der Waals surface area (Å²) >= 11 is 0. The summed E-state index contributed by atoms with van der Waals surface area (Å²) in [5.41, 5.74) is 7.16. The quantitative estimate of drug-likeness (QED) is 0.891. The Kier molecular flexibility index (Phi) is 4.54. The van der Waals surface area contributed by atoms with Crippen LogP contribution in [-0.2, 0) is 4.79 Å². The Labute approximate surface area is 125 Å². The molecule has 1 aromatic carbocycles. The number of amides is 1. The molecule has 1 heterocycles. The topological polar surface area (TPSA) is 75.8 Å². The number of rotatable bonds is 3. The van der Waals surface area contributed by atoms with E-state index < -0.39 is 6.10 Å². The van der Waals surface area contributed by atoms with Gasteiger partial charge >= 0.3 is 0 Å². The number of carbonyl (C=O) groups is 1. The van der Waals surface area contributed by atoms with Crippen molar-refractivity contribution in [3.8, 4) is 5.75 Å². The van der Waals surface area contributed by atoms with Gasteiger partial charge in [0.05, 0.1) is 18.3 Å². The molecule has 1 aromatic rings. The van der Waals surface area contributed by atoms with E-state index in [2.05, 4.69) is 0 Å². The van der Waals surface area contributed by atoms with Crippen LogP contribution in [0.25, 0.3) is 0 Å². The fraction of sp³-hybridized carbons (Fsp3) is 0.562. The lowest BCUT2D eigenvalue weighted by molar-refractivity contribution is -0.121. The molecular formula is C16H24N2O3. The highest BCUT2D eigenvalue weighted by atomic mass is 16.5. The Bertz CT molecular complexity index is 528. The third kappa shape index (κ3) is 3.19. The molecule has 1 amide bonds. The van der Waals surface area contributed by atoms with Crippen molar-refractivity contribution in [1.82, 2.24) is 0 Å². The van der Waals surface area contributed by atoms with E-state index in [1.807, 2.05) is 20.8 Å². The van der Waals surface area contributed by atoms with Crippen molar-refractivity contribution >= 4 is 11.6 Å². The second-order valence-electron chi connectivity index (χ2n) is 6.06. The van der Waals surface area contributed by atoms with Gasteiger partial charge in [0.2, 0.25) is 5.91 Å². The summed E-state index contributed by atoms with van der Waals surface area (Å²) < 4.78 is 5.78. The van der Waals surface area contributed by atoms with Crippen LogP contribution in [0.2, 0.25) is 0 Å². The Balaban J connectivity index is 2.42. The summed E-state index contributed by atoms with van der Waals surface area (Å²) in [5.74, 6) is 0.632. The average Bonchev–Trinajstić information content (AvgIpc) is 2.44. The molecule has 3 atom stereocenters. The molecule has 0 bridgehead atoms. The predicted molar refractivity (Wildman–Crippen MR) is 82.3 cm³/mol. The van der Waals surface area contributed by atoms with E-state index in [4.69, 9.17) is 10.5 Å². The fourth-order valence-corrected chi connectivity index (χ4v) is 2.46. The van der Waals surface area contributed by atoms with Crippen LogP contribution in [0.4, 0.5) is 5.69 Å². The summed E-state index contributed by atoms with van der Waals surface area (Å²) in [5, 5.41) is 10.1. The molecule has 3 unspecified atom stereocenters. The maximum atomic E-state index is 12.4. The highest BCUT2D eigenvalue weighted by molar-refractivity contribution is 5.96. The second kappa shape index (κ2) is 6.03. The molecule has 5 nitrogen and oxygen atoms in total. The van der Waals surface area contributed by atoms with E-state index in [1.54, 1.807) is 30.0 Å². The van der Waals surface area contributed by atoms with Gasteiger partial charge in [-0.25, -0.2) is 0 Å². The first-order valence-electron chi connectivity index (χ1n) is 7.37. The fourth-order valence-electron chi connectivity index (χ4n) is 2.46. The van der Waals surface area contributed by atoms with Crippen molar-refractivity contribution < 1.29 is 14.6 Å². The van der Waals surface area contributed by atoms with Gasteiger partial charge in [-0.05, 0) is 31.5 Å². The van der Waals surface area contributed by atoms with Crippen molar-refractivity contribution in [2.75, 3.05) is 11.4 Å². The minimum Gasteiger partial charge on any atom is -0.487 e. The van der Waals surface area contributed by atoms with E-state index in [9.17, 15) is 9.90 Å². The molecule has 0 saturated carbocycles. The van der Waals surface area contributed by atoms with Crippen LogP contribution in [0.1, 0.15) is 39.4 Å². The van der Waals surface area contributed by atoms with E-state index in [1.165, 1.54) is 0 Å².